The van der Waals surface area contributed by atoms with Crippen LogP contribution in [0.3, 0.4) is 0 Å². The third kappa shape index (κ3) is 5.84. The molecular formula is C23H22N2O4. The Balaban J connectivity index is 1.54. The van der Waals surface area contributed by atoms with Gasteiger partial charge in [-0.05, 0) is 35.9 Å². The van der Waals surface area contributed by atoms with E-state index >= 15 is 0 Å². The van der Waals surface area contributed by atoms with E-state index in [1.165, 1.54) is 7.11 Å². The largest absolute Gasteiger partial charge is 0.493 e. The summed E-state index contributed by atoms with van der Waals surface area (Å²) in [6.45, 7) is 0.258. The van der Waals surface area contributed by atoms with Crippen LogP contribution in [0.4, 0.5) is 5.69 Å². The molecule has 3 aromatic rings. The molecule has 0 bridgehead atoms. The number of nitrogens with one attached hydrogen (secondary N) is 2. The van der Waals surface area contributed by atoms with Crippen molar-refractivity contribution in [2.45, 2.75) is 6.54 Å². The SMILES string of the molecule is COc1ccccc1OCC(=O)Nc1cccc(C(=O)NCc2ccccc2)c1. The molecule has 6 nitrogen and oxygen atoms in total. The fraction of sp³-hybridized carbons (Fsp3) is 0.130. The molecule has 29 heavy (non-hydrogen) atoms. The van der Waals surface area contributed by atoms with Gasteiger partial charge in [-0.1, -0.05) is 48.5 Å². The molecule has 0 aromatic heterocycles. The topological polar surface area (TPSA) is 76.7 Å². The predicted molar refractivity (Wildman–Crippen MR) is 111 cm³/mol. The van der Waals surface area contributed by atoms with E-state index in [1.807, 2.05) is 36.4 Å². The molecule has 0 aliphatic carbocycles. The molecule has 0 saturated carbocycles. The molecule has 0 aliphatic rings. The summed E-state index contributed by atoms with van der Waals surface area (Å²) < 4.78 is 10.7. The van der Waals surface area contributed by atoms with Gasteiger partial charge in [-0.2, -0.15) is 0 Å². The number of methoxy groups -OCH3 is 1. The van der Waals surface area contributed by atoms with Crippen LogP contribution in [0.25, 0.3) is 0 Å². The highest BCUT2D eigenvalue weighted by Crippen LogP contribution is 2.25. The van der Waals surface area contributed by atoms with Crippen molar-refractivity contribution in [1.82, 2.24) is 5.32 Å². The first-order valence-electron chi connectivity index (χ1n) is 9.13. The van der Waals surface area contributed by atoms with Crippen LogP contribution >= 0.6 is 0 Å². The highest BCUT2D eigenvalue weighted by atomic mass is 16.5. The van der Waals surface area contributed by atoms with Crippen LogP contribution in [0.2, 0.25) is 0 Å². The number of carbonyl (C=O) groups is 2. The smallest absolute Gasteiger partial charge is 0.262 e. The van der Waals surface area contributed by atoms with Gasteiger partial charge in [0, 0.05) is 17.8 Å². The molecule has 3 rings (SSSR count). The minimum absolute atomic E-state index is 0.176. The zero-order chi connectivity index (χ0) is 20.5. The van der Waals surface area contributed by atoms with Crippen LogP contribution in [0.5, 0.6) is 11.5 Å². The summed E-state index contributed by atoms with van der Waals surface area (Å²) in [4.78, 5) is 24.6. The summed E-state index contributed by atoms with van der Waals surface area (Å²) in [7, 11) is 1.54. The molecular weight excluding hydrogens is 368 g/mol. The van der Waals surface area contributed by atoms with Crippen molar-refractivity contribution in [3.05, 3.63) is 90.0 Å². The first kappa shape index (κ1) is 19.9. The lowest BCUT2D eigenvalue weighted by atomic mass is 10.1. The second kappa shape index (κ2) is 9.94. The van der Waals surface area contributed by atoms with Gasteiger partial charge in [-0.3, -0.25) is 9.59 Å². The molecule has 148 valence electrons. The van der Waals surface area contributed by atoms with Crippen LogP contribution < -0.4 is 20.1 Å². The Hall–Kier alpha value is -3.80. The number of hydrogen-bond donors (Lipinski definition) is 2. The zero-order valence-electron chi connectivity index (χ0n) is 16.1. The Labute approximate surface area is 169 Å². The number of benzene rings is 3. The van der Waals surface area contributed by atoms with Crippen molar-refractivity contribution < 1.29 is 19.1 Å². The molecule has 0 atom stereocenters. The lowest BCUT2D eigenvalue weighted by molar-refractivity contribution is -0.118. The second-order valence-electron chi connectivity index (χ2n) is 6.24. The quantitative estimate of drug-likeness (QED) is 0.616. The molecule has 2 N–H and O–H groups in total. The van der Waals surface area contributed by atoms with Crippen molar-refractivity contribution in [2.24, 2.45) is 0 Å². The lowest BCUT2D eigenvalue weighted by Gasteiger charge is -2.11. The van der Waals surface area contributed by atoms with Crippen LogP contribution in [-0.2, 0) is 11.3 Å². The van der Waals surface area contributed by atoms with Gasteiger partial charge in [-0.15, -0.1) is 0 Å². The Morgan fingerprint density at radius 1 is 0.862 bits per heavy atom. The maximum absolute atomic E-state index is 12.4. The lowest BCUT2D eigenvalue weighted by Crippen LogP contribution is -2.23. The number of hydrogen-bond acceptors (Lipinski definition) is 4. The monoisotopic (exact) mass is 390 g/mol. The molecule has 0 fully saturated rings. The fourth-order valence-electron chi connectivity index (χ4n) is 2.70. The normalized spacial score (nSPS) is 10.1. The number of ether oxygens (including phenoxy) is 2. The van der Waals surface area contributed by atoms with E-state index in [1.54, 1.807) is 42.5 Å². The van der Waals surface area contributed by atoms with Crippen LogP contribution in [0.1, 0.15) is 15.9 Å². The van der Waals surface area contributed by atoms with Crippen LogP contribution in [0.15, 0.2) is 78.9 Å². The molecule has 0 unspecified atom stereocenters. The average molecular weight is 390 g/mol. The van der Waals surface area contributed by atoms with Crippen LogP contribution in [-0.4, -0.2) is 25.5 Å². The summed E-state index contributed by atoms with van der Waals surface area (Å²) in [5.74, 6) is 0.490. The predicted octanol–water partition coefficient (Wildman–Crippen LogP) is 3.64. The first-order chi connectivity index (χ1) is 14.2. The van der Waals surface area contributed by atoms with E-state index in [2.05, 4.69) is 10.6 Å². The molecule has 3 aromatic carbocycles. The summed E-state index contributed by atoms with van der Waals surface area (Å²) in [6.07, 6.45) is 0. The van der Waals surface area contributed by atoms with Gasteiger partial charge >= 0.3 is 0 Å². The molecule has 0 saturated heterocycles. The van der Waals surface area contributed by atoms with E-state index < -0.39 is 0 Å². The van der Waals surface area contributed by atoms with Crippen molar-refractivity contribution in [2.75, 3.05) is 19.0 Å². The Morgan fingerprint density at radius 2 is 1.59 bits per heavy atom. The summed E-state index contributed by atoms with van der Waals surface area (Å²) in [5, 5.41) is 5.60. The number of amides is 2. The van der Waals surface area contributed by atoms with Crippen LogP contribution in [0, 0.1) is 0 Å². The van der Waals surface area contributed by atoms with Gasteiger partial charge < -0.3 is 20.1 Å². The highest BCUT2D eigenvalue weighted by molar-refractivity contribution is 5.97. The minimum Gasteiger partial charge on any atom is -0.493 e. The molecule has 0 radical (unpaired) electrons. The van der Waals surface area contributed by atoms with Crippen molar-refractivity contribution in [1.29, 1.82) is 0 Å². The Bertz CT molecular complexity index is 973. The molecule has 2 amide bonds. The number of para-hydroxylation sites is 2. The van der Waals surface area contributed by atoms with Gasteiger partial charge in [0.05, 0.1) is 7.11 Å². The van der Waals surface area contributed by atoms with Gasteiger partial charge in [0.25, 0.3) is 11.8 Å². The zero-order valence-corrected chi connectivity index (χ0v) is 16.1. The third-order valence-corrected chi connectivity index (χ3v) is 4.13. The molecule has 0 spiro atoms. The van der Waals surface area contributed by atoms with E-state index in [0.29, 0.717) is 29.3 Å². The van der Waals surface area contributed by atoms with Gasteiger partial charge in [-0.25, -0.2) is 0 Å². The Kier molecular flexibility index (Phi) is 6.84. The van der Waals surface area contributed by atoms with Crippen molar-refractivity contribution >= 4 is 17.5 Å². The number of carbonyl (C=O) groups excluding carboxylic acids is 2. The number of rotatable bonds is 8. The minimum atomic E-state index is -0.335. The first-order valence-corrected chi connectivity index (χ1v) is 9.13. The third-order valence-electron chi connectivity index (χ3n) is 4.13. The maximum Gasteiger partial charge on any atom is 0.262 e. The highest BCUT2D eigenvalue weighted by Gasteiger charge is 2.10. The second-order valence-corrected chi connectivity index (χ2v) is 6.24. The summed E-state index contributed by atoms with van der Waals surface area (Å²) >= 11 is 0. The van der Waals surface area contributed by atoms with E-state index in [4.69, 9.17) is 9.47 Å². The Morgan fingerprint density at radius 3 is 2.34 bits per heavy atom. The molecule has 0 aliphatic heterocycles. The molecule has 6 heteroatoms. The van der Waals surface area contributed by atoms with E-state index in [-0.39, 0.29) is 18.4 Å². The maximum atomic E-state index is 12.4. The van der Waals surface area contributed by atoms with Crippen molar-refractivity contribution in [3.8, 4) is 11.5 Å². The van der Waals surface area contributed by atoms with Gasteiger partial charge in [0.2, 0.25) is 0 Å². The van der Waals surface area contributed by atoms with E-state index in [0.717, 1.165) is 5.56 Å². The van der Waals surface area contributed by atoms with Crippen molar-refractivity contribution in [3.63, 3.8) is 0 Å². The van der Waals surface area contributed by atoms with Gasteiger partial charge in [0.1, 0.15) is 0 Å². The fourth-order valence-corrected chi connectivity index (χ4v) is 2.70. The summed E-state index contributed by atoms with van der Waals surface area (Å²) in [6, 6.07) is 23.5. The standard InChI is InChI=1S/C23H22N2O4/c1-28-20-12-5-6-13-21(20)29-16-22(26)25-19-11-7-10-18(14-19)23(27)24-15-17-8-3-2-4-9-17/h2-14H,15-16H2,1H3,(H,24,27)(H,25,26). The summed E-state index contributed by atoms with van der Waals surface area (Å²) in [5.41, 5.74) is 1.99. The molecule has 0 heterocycles. The van der Waals surface area contributed by atoms with Gasteiger partial charge in [0.15, 0.2) is 18.1 Å². The average Bonchev–Trinajstić information content (AvgIpc) is 2.77. The van der Waals surface area contributed by atoms with E-state index in [9.17, 15) is 9.59 Å². The number of anilines is 1.